The number of carbonyl (C=O) groups is 1. The van der Waals surface area contributed by atoms with Crippen molar-refractivity contribution in [2.45, 2.75) is 39.2 Å². The molecule has 1 saturated heterocycles. The van der Waals surface area contributed by atoms with E-state index in [1.807, 2.05) is 35.4 Å². The van der Waals surface area contributed by atoms with Crippen LogP contribution in [0.5, 0.6) is 0 Å². The molecule has 2 aliphatic rings. The maximum Gasteiger partial charge on any atom is 0.253 e. The molecule has 0 saturated carbocycles. The highest BCUT2D eigenvalue weighted by Crippen LogP contribution is 2.41. The first-order valence-electron chi connectivity index (χ1n) is 10.7. The van der Waals surface area contributed by atoms with Crippen molar-refractivity contribution in [3.8, 4) is 0 Å². The number of nitrogens with zero attached hydrogens (tertiary/aromatic N) is 4. The molecule has 1 aliphatic carbocycles. The lowest BCUT2D eigenvalue weighted by atomic mass is 9.71. The van der Waals surface area contributed by atoms with Gasteiger partial charge in [0.1, 0.15) is 5.82 Å². The average molecular weight is 402 g/mol. The van der Waals surface area contributed by atoms with Crippen molar-refractivity contribution in [3.63, 3.8) is 0 Å². The third-order valence-electron chi connectivity index (χ3n) is 6.55. The van der Waals surface area contributed by atoms with Crippen LogP contribution in [0.4, 0.5) is 5.82 Å². The number of benzene rings is 1. The Bertz CT molecular complexity index is 1150. The molecule has 1 amide bonds. The smallest absolute Gasteiger partial charge is 0.253 e. The van der Waals surface area contributed by atoms with Gasteiger partial charge < -0.3 is 10.6 Å². The molecule has 3 aromatic rings. The second-order valence-corrected chi connectivity index (χ2v) is 8.90. The van der Waals surface area contributed by atoms with Crippen LogP contribution in [-0.4, -0.2) is 38.7 Å². The zero-order valence-electron chi connectivity index (χ0n) is 17.5. The summed E-state index contributed by atoms with van der Waals surface area (Å²) in [6, 6.07) is 9.76. The first-order chi connectivity index (χ1) is 14.4. The summed E-state index contributed by atoms with van der Waals surface area (Å²) in [4.78, 5) is 19.4. The maximum absolute atomic E-state index is 13.1. The number of rotatable bonds is 2. The number of carbonyl (C=O) groups excluding carboxylic acids is 1. The van der Waals surface area contributed by atoms with Crippen LogP contribution in [0, 0.1) is 5.41 Å². The van der Waals surface area contributed by atoms with Gasteiger partial charge in [-0.2, -0.15) is 5.10 Å². The topological polar surface area (TPSA) is 77.0 Å². The number of allylic oxidation sites excluding steroid dienone is 1. The highest BCUT2D eigenvalue weighted by molar-refractivity contribution is 5.98. The van der Waals surface area contributed by atoms with E-state index in [4.69, 9.17) is 5.73 Å². The average Bonchev–Trinajstić information content (AvgIpc) is 3.16. The molecule has 0 bridgehead atoms. The molecule has 2 aromatic heterocycles. The van der Waals surface area contributed by atoms with Gasteiger partial charge in [-0.25, -0.2) is 4.98 Å². The molecule has 1 fully saturated rings. The molecule has 0 atom stereocenters. The molecule has 6 heteroatoms. The molecule has 5 rings (SSSR count). The number of hydrogen-bond donors (Lipinski definition) is 1. The highest BCUT2D eigenvalue weighted by Gasteiger charge is 2.37. The number of piperidine rings is 1. The minimum absolute atomic E-state index is 0.0732. The Morgan fingerprint density at radius 2 is 1.93 bits per heavy atom. The summed E-state index contributed by atoms with van der Waals surface area (Å²) >= 11 is 0. The monoisotopic (exact) mass is 401 g/mol. The van der Waals surface area contributed by atoms with Gasteiger partial charge in [0.2, 0.25) is 0 Å². The van der Waals surface area contributed by atoms with Crippen molar-refractivity contribution >= 4 is 28.7 Å². The molecule has 154 valence electrons. The molecule has 1 aliphatic heterocycles. The van der Waals surface area contributed by atoms with Gasteiger partial charge in [0.15, 0.2) is 0 Å². The number of amides is 1. The molecule has 2 N–H and O–H groups in total. The molecule has 30 heavy (non-hydrogen) atoms. The fourth-order valence-electron chi connectivity index (χ4n) is 4.78. The predicted molar refractivity (Wildman–Crippen MR) is 119 cm³/mol. The molecule has 1 aromatic carbocycles. The Balaban J connectivity index is 1.31. The number of pyridine rings is 1. The van der Waals surface area contributed by atoms with E-state index in [0.717, 1.165) is 43.3 Å². The number of aromatic nitrogens is 3. The number of fused-ring (bicyclic) bond motifs is 2. The van der Waals surface area contributed by atoms with Gasteiger partial charge in [-0.15, -0.1) is 0 Å². The Morgan fingerprint density at radius 1 is 1.17 bits per heavy atom. The Hall–Kier alpha value is -3.15. The van der Waals surface area contributed by atoms with Crippen LogP contribution in [0.25, 0.3) is 17.0 Å². The molecular weight excluding hydrogens is 374 g/mol. The van der Waals surface area contributed by atoms with Crippen LogP contribution in [0.15, 0.2) is 42.6 Å². The van der Waals surface area contributed by atoms with Crippen LogP contribution in [-0.2, 0) is 6.42 Å². The van der Waals surface area contributed by atoms with Gasteiger partial charge in [0.25, 0.3) is 5.91 Å². The lowest BCUT2D eigenvalue weighted by molar-refractivity contribution is 0.0640. The number of nitrogen functional groups attached to an aromatic ring is 1. The minimum atomic E-state index is 0.0732. The van der Waals surface area contributed by atoms with E-state index in [-0.39, 0.29) is 11.3 Å². The van der Waals surface area contributed by atoms with Crippen molar-refractivity contribution in [1.29, 1.82) is 0 Å². The number of anilines is 1. The lowest BCUT2D eigenvalue weighted by Crippen LogP contribution is -2.43. The number of hydrogen-bond acceptors (Lipinski definition) is 4. The van der Waals surface area contributed by atoms with Crippen LogP contribution in [0.2, 0.25) is 0 Å². The minimum Gasteiger partial charge on any atom is -0.384 e. The van der Waals surface area contributed by atoms with E-state index in [0.29, 0.717) is 17.4 Å². The summed E-state index contributed by atoms with van der Waals surface area (Å²) in [5, 5.41) is 5.56. The van der Waals surface area contributed by atoms with Crippen molar-refractivity contribution in [1.82, 2.24) is 19.7 Å². The summed E-state index contributed by atoms with van der Waals surface area (Å²) < 4.78 is 2.10. The van der Waals surface area contributed by atoms with Crippen LogP contribution >= 0.6 is 0 Å². The van der Waals surface area contributed by atoms with Gasteiger partial charge in [0.05, 0.1) is 17.4 Å². The predicted octanol–water partition coefficient (Wildman–Crippen LogP) is 4.09. The molecule has 0 unspecified atom stereocenters. The van der Waals surface area contributed by atoms with Gasteiger partial charge in [-0.05, 0) is 74.4 Å². The van der Waals surface area contributed by atoms with Gasteiger partial charge in [-0.3, -0.25) is 9.48 Å². The first-order valence-corrected chi connectivity index (χ1v) is 10.7. The molecule has 3 heterocycles. The second kappa shape index (κ2) is 6.97. The maximum atomic E-state index is 13.1. The van der Waals surface area contributed by atoms with Crippen LogP contribution in [0.3, 0.4) is 0 Å². The second-order valence-electron chi connectivity index (χ2n) is 8.90. The fraction of sp³-hybridized carbons (Fsp3) is 0.375. The fourth-order valence-corrected chi connectivity index (χ4v) is 4.78. The van der Waals surface area contributed by atoms with E-state index in [1.165, 1.54) is 11.3 Å². The van der Waals surface area contributed by atoms with Crippen LogP contribution < -0.4 is 5.73 Å². The molecule has 1 spiro atoms. The van der Waals surface area contributed by atoms with Crippen molar-refractivity contribution in [2.24, 2.45) is 5.41 Å². The standard InChI is InChI=1S/C24H27N5O/c1-16(2)29-21-7-8-24(14-19(21)15-26-29)9-11-28(12-10-24)23(30)18-4-3-17-5-6-22(25)27-20(17)13-18/h3-8,13,15-16H,9-12,14H2,1-2H3,(H2,25,27). The molecule has 0 radical (unpaired) electrons. The Kier molecular flexibility index (Phi) is 4.38. The van der Waals surface area contributed by atoms with E-state index in [9.17, 15) is 4.79 Å². The number of nitrogens with two attached hydrogens (primary N) is 1. The summed E-state index contributed by atoms with van der Waals surface area (Å²) in [6.45, 7) is 5.84. The summed E-state index contributed by atoms with van der Waals surface area (Å²) in [7, 11) is 0. The van der Waals surface area contributed by atoms with E-state index >= 15 is 0 Å². The lowest BCUT2D eigenvalue weighted by Gasteiger charge is -2.41. The van der Waals surface area contributed by atoms with Gasteiger partial charge in [-0.1, -0.05) is 12.1 Å². The van der Waals surface area contributed by atoms with Gasteiger partial charge >= 0.3 is 0 Å². The van der Waals surface area contributed by atoms with Crippen molar-refractivity contribution in [2.75, 3.05) is 18.8 Å². The molecule has 6 nitrogen and oxygen atoms in total. The number of likely N-dealkylation sites (tertiary alicyclic amines) is 1. The van der Waals surface area contributed by atoms with Crippen LogP contribution in [0.1, 0.15) is 54.3 Å². The summed E-state index contributed by atoms with van der Waals surface area (Å²) in [6.07, 6.45) is 9.57. The zero-order chi connectivity index (χ0) is 20.9. The van der Waals surface area contributed by atoms with Crippen molar-refractivity contribution < 1.29 is 4.79 Å². The normalized spacial score (nSPS) is 17.6. The van der Waals surface area contributed by atoms with E-state index in [1.54, 1.807) is 6.07 Å². The van der Waals surface area contributed by atoms with Gasteiger partial charge in [0, 0.05) is 30.1 Å². The Labute approximate surface area is 176 Å². The van der Waals surface area contributed by atoms with E-state index in [2.05, 4.69) is 40.8 Å². The first kappa shape index (κ1) is 18.9. The third-order valence-corrected chi connectivity index (χ3v) is 6.55. The SMILES string of the molecule is CC(C)n1ncc2c1C=CC1(CCN(C(=O)c3ccc4ccc(N)nc4c3)CC1)C2. The quantitative estimate of drug-likeness (QED) is 0.702. The van der Waals surface area contributed by atoms with Crippen molar-refractivity contribution in [3.05, 3.63) is 59.4 Å². The summed E-state index contributed by atoms with van der Waals surface area (Å²) in [5.74, 6) is 0.542. The largest absolute Gasteiger partial charge is 0.384 e. The molecular formula is C24H27N5O. The third kappa shape index (κ3) is 3.16. The van der Waals surface area contributed by atoms with E-state index < -0.39 is 0 Å². The Morgan fingerprint density at radius 3 is 2.70 bits per heavy atom. The summed E-state index contributed by atoms with van der Waals surface area (Å²) in [5.41, 5.74) is 9.93. The zero-order valence-corrected chi connectivity index (χ0v) is 17.5. The highest BCUT2D eigenvalue weighted by atomic mass is 16.2.